The molecule has 0 saturated carbocycles. The molecule has 0 bridgehead atoms. The van der Waals surface area contributed by atoms with Gasteiger partial charge in [0.05, 0.1) is 15.1 Å². The van der Waals surface area contributed by atoms with E-state index in [0.29, 0.717) is 4.80 Å². The molecule has 0 aliphatic rings. The van der Waals surface area contributed by atoms with Crippen molar-refractivity contribution < 1.29 is 8.42 Å². The standard InChI is InChI=1S/C14H13N3O2S2/c1-17-12-9-5-6-10-13(12)20-14(17)15-16-21(18,19)11-7-3-2-4-8-11/h2-10,16H,1H3. The largest absolute Gasteiger partial charge is 0.318 e. The smallest absolute Gasteiger partial charge is 0.276 e. The lowest BCUT2D eigenvalue weighted by atomic mass is 10.3. The van der Waals surface area contributed by atoms with Crippen LogP contribution >= 0.6 is 11.3 Å². The fraction of sp³-hybridized carbons (Fsp3) is 0.0714. The molecule has 1 N–H and O–H groups in total. The van der Waals surface area contributed by atoms with E-state index >= 15 is 0 Å². The zero-order valence-electron chi connectivity index (χ0n) is 11.2. The second-order valence-electron chi connectivity index (χ2n) is 4.43. The second kappa shape index (κ2) is 5.34. The van der Waals surface area contributed by atoms with Crippen LogP contribution in [-0.2, 0) is 17.1 Å². The Morgan fingerprint density at radius 1 is 1.05 bits per heavy atom. The molecule has 3 aromatic rings. The number of sulfonamides is 1. The number of nitrogens with zero attached hydrogens (tertiary/aromatic N) is 2. The highest BCUT2D eigenvalue weighted by atomic mass is 32.2. The summed E-state index contributed by atoms with van der Waals surface area (Å²) in [4.78, 5) is 3.07. The first kappa shape index (κ1) is 13.8. The molecule has 3 rings (SSSR count). The average Bonchev–Trinajstić information content (AvgIpc) is 2.83. The normalized spacial score (nSPS) is 12.7. The van der Waals surface area contributed by atoms with E-state index in [-0.39, 0.29) is 4.90 Å². The number of nitrogens with one attached hydrogen (secondary N) is 1. The van der Waals surface area contributed by atoms with Crippen molar-refractivity contribution in [3.63, 3.8) is 0 Å². The molecule has 0 atom stereocenters. The fourth-order valence-corrected chi connectivity index (χ4v) is 3.80. The zero-order valence-corrected chi connectivity index (χ0v) is 12.9. The Hall–Kier alpha value is -2.12. The van der Waals surface area contributed by atoms with Crippen molar-refractivity contribution in [1.29, 1.82) is 0 Å². The first-order chi connectivity index (χ1) is 10.1. The number of fused-ring (bicyclic) bond motifs is 1. The van der Waals surface area contributed by atoms with Crippen LogP contribution in [0.4, 0.5) is 0 Å². The summed E-state index contributed by atoms with van der Waals surface area (Å²) >= 11 is 1.43. The number of hydrogen-bond acceptors (Lipinski definition) is 4. The van der Waals surface area contributed by atoms with E-state index in [0.717, 1.165) is 10.2 Å². The summed E-state index contributed by atoms with van der Waals surface area (Å²) in [5, 5.41) is 4.03. The minimum absolute atomic E-state index is 0.192. The number of rotatable bonds is 3. The molecule has 1 aromatic heterocycles. The van der Waals surface area contributed by atoms with E-state index in [2.05, 4.69) is 9.93 Å². The summed E-state index contributed by atoms with van der Waals surface area (Å²) in [5.74, 6) is 0. The maximum absolute atomic E-state index is 12.1. The lowest BCUT2D eigenvalue weighted by Crippen LogP contribution is -2.23. The van der Waals surface area contributed by atoms with Gasteiger partial charge in [0.1, 0.15) is 0 Å². The van der Waals surface area contributed by atoms with Crippen molar-refractivity contribution in [2.45, 2.75) is 4.90 Å². The Balaban J connectivity index is 2.00. The molecule has 21 heavy (non-hydrogen) atoms. The number of hydrogen-bond donors (Lipinski definition) is 1. The van der Waals surface area contributed by atoms with Crippen molar-refractivity contribution in [1.82, 2.24) is 9.40 Å². The van der Waals surface area contributed by atoms with Crippen molar-refractivity contribution >= 4 is 31.6 Å². The molecule has 0 aliphatic carbocycles. The van der Waals surface area contributed by atoms with Gasteiger partial charge in [-0.15, -0.1) is 5.10 Å². The van der Waals surface area contributed by atoms with Gasteiger partial charge in [-0.2, -0.15) is 13.2 Å². The maximum Gasteiger partial charge on any atom is 0.276 e. The molecule has 7 heteroatoms. The van der Waals surface area contributed by atoms with Gasteiger partial charge in [-0.25, -0.2) is 0 Å². The third-order valence-electron chi connectivity index (χ3n) is 3.03. The highest BCUT2D eigenvalue weighted by Crippen LogP contribution is 2.15. The number of thiazole rings is 1. The van der Waals surface area contributed by atoms with Crippen LogP contribution in [0.5, 0.6) is 0 Å². The molecule has 2 aromatic carbocycles. The van der Waals surface area contributed by atoms with Crippen molar-refractivity contribution in [2.24, 2.45) is 12.1 Å². The molecule has 0 saturated heterocycles. The molecule has 1 heterocycles. The molecule has 0 fully saturated rings. The van der Waals surface area contributed by atoms with Gasteiger partial charge in [-0.05, 0) is 24.3 Å². The predicted octanol–water partition coefficient (Wildman–Crippen LogP) is 2.03. The van der Waals surface area contributed by atoms with Gasteiger partial charge in [0.15, 0.2) is 0 Å². The van der Waals surface area contributed by atoms with E-state index in [4.69, 9.17) is 0 Å². The topological polar surface area (TPSA) is 63.5 Å². The number of aryl methyl sites for hydroxylation is 1. The fourth-order valence-electron chi connectivity index (χ4n) is 1.94. The van der Waals surface area contributed by atoms with E-state index in [1.165, 1.54) is 23.5 Å². The number of para-hydroxylation sites is 1. The monoisotopic (exact) mass is 319 g/mol. The summed E-state index contributed by atoms with van der Waals surface area (Å²) in [6.07, 6.45) is 0. The van der Waals surface area contributed by atoms with E-state index in [1.54, 1.807) is 18.2 Å². The van der Waals surface area contributed by atoms with Crippen LogP contribution < -0.4 is 9.63 Å². The molecule has 108 valence electrons. The highest BCUT2D eigenvalue weighted by molar-refractivity contribution is 7.89. The second-order valence-corrected chi connectivity index (χ2v) is 7.10. The van der Waals surface area contributed by atoms with E-state index in [9.17, 15) is 8.42 Å². The van der Waals surface area contributed by atoms with E-state index in [1.807, 2.05) is 35.9 Å². The third kappa shape index (κ3) is 2.70. The Kier molecular flexibility index (Phi) is 3.52. The zero-order chi connectivity index (χ0) is 14.9. The van der Waals surface area contributed by atoms with Gasteiger partial charge in [0.25, 0.3) is 10.0 Å². The minimum Gasteiger partial charge on any atom is -0.318 e. The van der Waals surface area contributed by atoms with Crippen LogP contribution in [0.1, 0.15) is 0 Å². The lowest BCUT2D eigenvalue weighted by molar-refractivity contribution is 0.582. The van der Waals surface area contributed by atoms with Gasteiger partial charge in [0, 0.05) is 7.05 Å². The van der Waals surface area contributed by atoms with Crippen molar-refractivity contribution in [3.05, 3.63) is 59.4 Å². The molecular weight excluding hydrogens is 306 g/mol. The van der Waals surface area contributed by atoms with Gasteiger partial charge in [0.2, 0.25) is 4.80 Å². The molecule has 5 nitrogen and oxygen atoms in total. The van der Waals surface area contributed by atoms with Gasteiger partial charge < -0.3 is 4.57 Å². The Morgan fingerprint density at radius 3 is 2.43 bits per heavy atom. The summed E-state index contributed by atoms with van der Waals surface area (Å²) in [7, 11) is -1.78. The van der Waals surface area contributed by atoms with Crippen LogP contribution in [-0.4, -0.2) is 13.0 Å². The first-order valence-corrected chi connectivity index (χ1v) is 8.53. The van der Waals surface area contributed by atoms with Crippen molar-refractivity contribution in [3.8, 4) is 0 Å². The summed E-state index contributed by atoms with van der Waals surface area (Å²) in [6.45, 7) is 0. The Morgan fingerprint density at radius 2 is 1.71 bits per heavy atom. The first-order valence-electron chi connectivity index (χ1n) is 6.23. The number of benzene rings is 2. The van der Waals surface area contributed by atoms with Gasteiger partial charge >= 0.3 is 0 Å². The van der Waals surface area contributed by atoms with Crippen LogP contribution in [0.25, 0.3) is 10.2 Å². The average molecular weight is 319 g/mol. The summed E-state index contributed by atoms with van der Waals surface area (Å²) in [5.41, 5.74) is 1.01. The Labute approximate surface area is 126 Å². The quantitative estimate of drug-likeness (QED) is 0.751. The van der Waals surface area contributed by atoms with Crippen LogP contribution in [0.3, 0.4) is 0 Å². The lowest BCUT2D eigenvalue weighted by Gasteiger charge is -2.02. The molecule has 0 unspecified atom stereocenters. The molecular formula is C14H13N3O2S2. The Bertz CT molecular complexity index is 941. The van der Waals surface area contributed by atoms with Crippen LogP contribution in [0.15, 0.2) is 64.6 Å². The third-order valence-corrected chi connectivity index (χ3v) is 5.37. The molecule has 0 aliphatic heterocycles. The summed E-state index contributed by atoms with van der Waals surface area (Å²) < 4.78 is 27.2. The molecule has 0 amide bonds. The highest BCUT2D eigenvalue weighted by Gasteiger charge is 2.12. The predicted molar refractivity (Wildman–Crippen MR) is 83.1 cm³/mol. The molecule has 0 spiro atoms. The van der Waals surface area contributed by atoms with Crippen LogP contribution in [0, 0.1) is 0 Å². The van der Waals surface area contributed by atoms with Gasteiger partial charge in [-0.1, -0.05) is 41.7 Å². The summed E-state index contributed by atoms with van der Waals surface area (Å²) in [6, 6.07) is 16.0. The maximum atomic E-state index is 12.1. The van der Waals surface area contributed by atoms with E-state index < -0.39 is 10.0 Å². The molecule has 0 radical (unpaired) electrons. The van der Waals surface area contributed by atoms with Crippen LogP contribution in [0.2, 0.25) is 0 Å². The SMILES string of the molecule is Cn1c(=NNS(=O)(=O)c2ccccc2)sc2ccccc21. The van der Waals surface area contributed by atoms with Gasteiger partial charge in [-0.3, -0.25) is 0 Å². The minimum atomic E-state index is -3.64. The van der Waals surface area contributed by atoms with Crippen molar-refractivity contribution in [2.75, 3.05) is 0 Å². The number of aromatic nitrogens is 1.